The molecule has 0 radical (unpaired) electrons. The lowest BCUT2D eigenvalue weighted by Crippen LogP contribution is -2.39. The fraction of sp³-hybridized carbons (Fsp3) is 0.824. The normalized spacial score (nSPS) is 11.6. The van der Waals surface area contributed by atoms with Crippen LogP contribution in [0.15, 0.2) is 0 Å². The van der Waals surface area contributed by atoms with Crippen molar-refractivity contribution >= 4 is 29.7 Å². The minimum Gasteiger partial charge on any atom is -0.469 e. The quantitative estimate of drug-likeness (QED) is 0.263. The van der Waals surface area contributed by atoms with Crippen LogP contribution in [-0.2, 0) is 28.6 Å². The van der Waals surface area contributed by atoms with Gasteiger partial charge >= 0.3 is 17.9 Å². The van der Waals surface area contributed by atoms with E-state index in [4.69, 9.17) is 9.47 Å². The van der Waals surface area contributed by atoms with Crippen molar-refractivity contribution in [3.63, 3.8) is 0 Å². The zero-order valence-electron chi connectivity index (χ0n) is 15.5. The Morgan fingerprint density at radius 3 is 2.28 bits per heavy atom. The minimum absolute atomic E-state index is 0.192. The van der Waals surface area contributed by atoms with E-state index in [0.717, 1.165) is 17.9 Å². The van der Waals surface area contributed by atoms with Crippen LogP contribution in [0.1, 0.15) is 46.0 Å². The maximum Gasteiger partial charge on any atom is 0.323 e. The summed E-state index contributed by atoms with van der Waals surface area (Å²) < 4.78 is 14.5. The van der Waals surface area contributed by atoms with Gasteiger partial charge in [0.25, 0.3) is 0 Å². The Morgan fingerprint density at radius 1 is 0.960 bits per heavy atom. The van der Waals surface area contributed by atoms with Gasteiger partial charge in [0.15, 0.2) is 0 Å². The summed E-state index contributed by atoms with van der Waals surface area (Å²) in [6.45, 7) is 4.89. The molecular weight excluding hydrogens is 346 g/mol. The Hall–Kier alpha value is -1.28. The van der Waals surface area contributed by atoms with Gasteiger partial charge in [-0.25, -0.2) is 0 Å². The van der Waals surface area contributed by atoms with Crippen LogP contribution in [0.3, 0.4) is 0 Å². The second-order valence-electron chi connectivity index (χ2n) is 5.25. The van der Waals surface area contributed by atoms with Crippen LogP contribution in [0, 0.1) is 0 Å². The molecule has 0 unspecified atom stereocenters. The lowest BCUT2D eigenvalue weighted by Gasteiger charge is -2.17. The Labute approximate surface area is 154 Å². The van der Waals surface area contributed by atoms with E-state index in [-0.39, 0.29) is 17.9 Å². The van der Waals surface area contributed by atoms with E-state index in [2.05, 4.69) is 10.1 Å². The predicted octanol–water partition coefficient (Wildman–Crippen LogP) is 1.93. The highest BCUT2D eigenvalue weighted by Crippen LogP contribution is 2.07. The molecule has 0 aliphatic carbocycles. The third kappa shape index (κ3) is 13.7. The number of hydrogen-bond acceptors (Lipinski definition) is 8. The van der Waals surface area contributed by atoms with Crippen LogP contribution in [0.4, 0.5) is 0 Å². The molecule has 0 amide bonds. The third-order valence-electron chi connectivity index (χ3n) is 3.28. The van der Waals surface area contributed by atoms with E-state index in [1.54, 1.807) is 25.6 Å². The van der Waals surface area contributed by atoms with Gasteiger partial charge in [0.2, 0.25) is 0 Å². The zero-order chi connectivity index (χ0) is 18.9. The van der Waals surface area contributed by atoms with Crippen molar-refractivity contribution in [2.75, 3.05) is 38.4 Å². The number of ether oxygens (including phenoxy) is 3. The largest absolute Gasteiger partial charge is 0.469 e. The Bertz CT molecular complexity index is 391. The van der Waals surface area contributed by atoms with Gasteiger partial charge in [0.05, 0.1) is 20.3 Å². The highest BCUT2D eigenvalue weighted by molar-refractivity contribution is 7.99. The summed E-state index contributed by atoms with van der Waals surface area (Å²) in [6.07, 6.45) is 2.61. The van der Waals surface area contributed by atoms with Gasteiger partial charge in [-0.1, -0.05) is 0 Å². The van der Waals surface area contributed by atoms with Gasteiger partial charge < -0.3 is 19.5 Å². The van der Waals surface area contributed by atoms with Crippen molar-refractivity contribution in [1.82, 2.24) is 5.32 Å². The van der Waals surface area contributed by atoms with E-state index in [9.17, 15) is 14.4 Å². The highest BCUT2D eigenvalue weighted by atomic mass is 32.2. The van der Waals surface area contributed by atoms with Crippen LogP contribution in [0.5, 0.6) is 0 Å². The van der Waals surface area contributed by atoms with E-state index >= 15 is 0 Å². The summed E-state index contributed by atoms with van der Waals surface area (Å²) in [7, 11) is 1.39. The Kier molecular flexibility index (Phi) is 15.4. The zero-order valence-corrected chi connectivity index (χ0v) is 16.3. The lowest BCUT2D eigenvalue weighted by molar-refractivity contribution is -0.147. The number of carbonyl (C=O) groups excluding carboxylic acids is 3. The summed E-state index contributed by atoms with van der Waals surface area (Å²) in [5.41, 5.74) is 0. The molecule has 0 rings (SSSR count). The van der Waals surface area contributed by atoms with E-state index in [0.29, 0.717) is 45.4 Å². The Morgan fingerprint density at radius 2 is 1.64 bits per heavy atom. The number of thioether (sulfide) groups is 1. The number of methoxy groups -OCH3 is 1. The van der Waals surface area contributed by atoms with E-state index in [1.807, 2.05) is 0 Å². The molecule has 0 aromatic carbocycles. The van der Waals surface area contributed by atoms with Gasteiger partial charge in [0, 0.05) is 25.1 Å². The average Bonchev–Trinajstić information content (AvgIpc) is 2.59. The number of rotatable bonds is 15. The molecule has 0 aromatic rings. The third-order valence-corrected chi connectivity index (χ3v) is 4.35. The maximum absolute atomic E-state index is 12.0. The standard InChI is InChI=1S/C17H31NO6S/c1-4-23-16(20)9-6-8-14(17(21)24-5-2)18-11-13-25-12-7-10-15(19)22-3/h14,18H,4-13H2,1-3H3/t14-/m1/s1. The van der Waals surface area contributed by atoms with Crippen molar-refractivity contribution in [2.45, 2.75) is 52.0 Å². The number of carbonyl (C=O) groups is 3. The fourth-order valence-corrected chi connectivity index (χ4v) is 2.87. The minimum atomic E-state index is -0.412. The first-order valence-corrected chi connectivity index (χ1v) is 9.90. The number of nitrogens with one attached hydrogen (secondary N) is 1. The summed E-state index contributed by atoms with van der Waals surface area (Å²) >= 11 is 1.71. The number of esters is 3. The summed E-state index contributed by atoms with van der Waals surface area (Å²) in [4.78, 5) is 34.3. The molecular formula is C17H31NO6S. The molecule has 0 aliphatic rings. The summed E-state index contributed by atoms with van der Waals surface area (Å²) in [5.74, 6) is 0.967. The van der Waals surface area contributed by atoms with Crippen LogP contribution >= 0.6 is 11.8 Å². The van der Waals surface area contributed by atoms with Crippen molar-refractivity contribution in [1.29, 1.82) is 0 Å². The van der Waals surface area contributed by atoms with Gasteiger partial charge in [-0.2, -0.15) is 11.8 Å². The first kappa shape index (κ1) is 23.7. The molecule has 8 heteroatoms. The molecule has 146 valence electrons. The van der Waals surface area contributed by atoms with E-state index < -0.39 is 6.04 Å². The molecule has 0 fully saturated rings. The fourth-order valence-electron chi connectivity index (χ4n) is 2.06. The molecule has 1 atom stereocenters. The second-order valence-corrected chi connectivity index (χ2v) is 6.47. The smallest absolute Gasteiger partial charge is 0.323 e. The van der Waals surface area contributed by atoms with E-state index in [1.165, 1.54) is 7.11 Å². The summed E-state index contributed by atoms with van der Waals surface area (Å²) in [6, 6.07) is -0.412. The van der Waals surface area contributed by atoms with Crippen LogP contribution in [-0.4, -0.2) is 62.3 Å². The Balaban J connectivity index is 3.97. The SMILES string of the molecule is CCOC(=O)CCC[C@@H](NCCSCCCC(=O)OC)C(=O)OCC. The lowest BCUT2D eigenvalue weighted by atomic mass is 10.1. The molecule has 0 aliphatic heterocycles. The van der Waals surface area contributed by atoms with Gasteiger partial charge in [-0.3, -0.25) is 14.4 Å². The molecule has 0 heterocycles. The molecule has 25 heavy (non-hydrogen) atoms. The monoisotopic (exact) mass is 377 g/mol. The first-order valence-electron chi connectivity index (χ1n) is 8.75. The second kappa shape index (κ2) is 16.2. The molecule has 0 saturated heterocycles. The molecule has 0 aromatic heterocycles. The molecule has 7 nitrogen and oxygen atoms in total. The average molecular weight is 378 g/mol. The van der Waals surface area contributed by atoms with Gasteiger partial charge in [-0.05, 0) is 38.9 Å². The van der Waals surface area contributed by atoms with Crippen molar-refractivity contribution in [3.8, 4) is 0 Å². The van der Waals surface area contributed by atoms with Crippen LogP contribution in [0.25, 0.3) is 0 Å². The summed E-state index contributed by atoms with van der Waals surface area (Å²) in [5, 5.41) is 3.18. The number of hydrogen-bond donors (Lipinski definition) is 1. The van der Waals surface area contributed by atoms with Gasteiger partial charge in [-0.15, -0.1) is 0 Å². The molecule has 1 N–H and O–H groups in total. The maximum atomic E-state index is 12.0. The molecule has 0 spiro atoms. The van der Waals surface area contributed by atoms with Crippen LogP contribution < -0.4 is 5.32 Å². The predicted molar refractivity (Wildman–Crippen MR) is 97.5 cm³/mol. The molecule has 0 bridgehead atoms. The molecule has 0 saturated carbocycles. The van der Waals surface area contributed by atoms with Crippen molar-refractivity contribution in [2.24, 2.45) is 0 Å². The highest BCUT2D eigenvalue weighted by Gasteiger charge is 2.19. The first-order chi connectivity index (χ1) is 12.0. The van der Waals surface area contributed by atoms with Gasteiger partial charge in [0.1, 0.15) is 6.04 Å². The van der Waals surface area contributed by atoms with Crippen molar-refractivity contribution in [3.05, 3.63) is 0 Å². The van der Waals surface area contributed by atoms with Crippen molar-refractivity contribution < 1.29 is 28.6 Å². The topological polar surface area (TPSA) is 90.9 Å². The van der Waals surface area contributed by atoms with Crippen LogP contribution in [0.2, 0.25) is 0 Å².